The highest BCUT2D eigenvalue weighted by Crippen LogP contribution is 2.19. The molecule has 0 fully saturated rings. The van der Waals surface area contributed by atoms with Crippen molar-refractivity contribution in [2.75, 3.05) is 5.73 Å². The van der Waals surface area contributed by atoms with Gasteiger partial charge in [0.25, 0.3) is 0 Å². The van der Waals surface area contributed by atoms with Gasteiger partial charge < -0.3 is 10.2 Å². The number of benzene rings is 1. The molecule has 0 atom stereocenters. The smallest absolute Gasteiger partial charge is 0.349 e. The fourth-order valence-electron chi connectivity index (χ4n) is 1.90. The number of nitrogens with two attached hydrogens (primary N) is 1. The van der Waals surface area contributed by atoms with Gasteiger partial charge in [0.1, 0.15) is 16.8 Å². The van der Waals surface area contributed by atoms with E-state index < -0.39 is 5.69 Å². The summed E-state index contributed by atoms with van der Waals surface area (Å²) >= 11 is 0. The van der Waals surface area contributed by atoms with E-state index in [1.165, 1.54) is 0 Å². The number of anilines is 1. The number of H-pyrrole nitrogens is 1. The Morgan fingerprint density at radius 1 is 1.33 bits per heavy atom. The summed E-state index contributed by atoms with van der Waals surface area (Å²) < 4.78 is 5.46. The van der Waals surface area contributed by atoms with Crippen molar-refractivity contribution in [3.8, 4) is 0 Å². The zero-order valence-electron chi connectivity index (χ0n) is 9.48. The normalized spacial score (nSPS) is 11.2. The minimum atomic E-state index is -0.643. The molecule has 0 aliphatic rings. The Bertz CT molecular complexity index is 893. The molecule has 0 saturated carbocycles. The lowest BCUT2D eigenvalue weighted by atomic mass is 10.1. The molecule has 0 saturated heterocycles. The van der Waals surface area contributed by atoms with Gasteiger partial charge in [-0.05, 0) is 24.6 Å². The summed E-state index contributed by atoms with van der Waals surface area (Å²) in [5.41, 5.74) is 5.98. The minimum Gasteiger partial charge on any atom is -0.437 e. The zero-order chi connectivity index (χ0) is 12.9. The molecule has 6 nitrogen and oxygen atoms in total. The standard InChI is InChI=1S/C12H9N3O3/c1-5-2-3-6-7(4-5)18-11-8(9(6)16)10(13)14-12(17)15-11/h2-4H,1H3,(H3,13,14,15,17). The number of aromatic nitrogens is 2. The predicted octanol–water partition coefficient (Wildman–Crippen LogP) is 0.920. The molecule has 18 heavy (non-hydrogen) atoms. The second kappa shape index (κ2) is 3.43. The van der Waals surface area contributed by atoms with Gasteiger partial charge in [0, 0.05) is 0 Å². The molecule has 3 aromatic rings. The third kappa shape index (κ3) is 1.39. The number of nitrogens with one attached hydrogen (secondary N) is 1. The summed E-state index contributed by atoms with van der Waals surface area (Å²) in [4.78, 5) is 29.3. The van der Waals surface area contributed by atoms with Crippen LogP contribution in [0.15, 0.2) is 32.2 Å². The van der Waals surface area contributed by atoms with E-state index in [0.29, 0.717) is 11.0 Å². The maximum absolute atomic E-state index is 12.2. The molecule has 0 bridgehead atoms. The lowest BCUT2D eigenvalue weighted by Crippen LogP contribution is -2.17. The van der Waals surface area contributed by atoms with E-state index in [0.717, 1.165) is 5.56 Å². The van der Waals surface area contributed by atoms with E-state index >= 15 is 0 Å². The van der Waals surface area contributed by atoms with Crippen molar-refractivity contribution in [2.45, 2.75) is 6.92 Å². The first-order valence-electron chi connectivity index (χ1n) is 5.29. The van der Waals surface area contributed by atoms with Crippen LogP contribution in [0.5, 0.6) is 0 Å². The Balaban J connectivity index is 2.65. The number of aryl methyl sites for hydroxylation is 1. The molecule has 2 aromatic heterocycles. The first-order chi connectivity index (χ1) is 8.56. The molecule has 0 aliphatic carbocycles. The van der Waals surface area contributed by atoms with Gasteiger partial charge in [0.05, 0.1) is 5.39 Å². The quantitative estimate of drug-likeness (QED) is 0.571. The van der Waals surface area contributed by atoms with E-state index in [-0.39, 0.29) is 22.3 Å². The molecule has 90 valence electrons. The number of hydrogen-bond acceptors (Lipinski definition) is 5. The van der Waals surface area contributed by atoms with Crippen molar-refractivity contribution in [1.29, 1.82) is 0 Å². The van der Waals surface area contributed by atoms with Crippen molar-refractivity contribution in [1.82, 2.24) is 9.97 Å². The van der Waals surface area contributed by atoms with Gasteiger partial charge >= 0.3 is 5.69 Å². The summed E-state index contributed by atoms with van der Waals surface area (Å²) in [6.45, 7) is 1.88. The first-order valence-corrected chi connectivity index (χ1v) is 5.29. The maximum atomic E-state index is 12.2. The highest BCUT2D eigenvalue weighted by molar-refractivity contribution is 5.93. The Labute approximate surface area is 100 Å². The van der Waals surface area contributed by atoms with Crippen LogP contribution in [-0.2, 0) is 0 Å². The topological polar surface area (TPSA) is 102 Å². The van der Waals surface area contributed by atoms with E-state index in [2.05, 4.69) is 9.97 Å². The molecule has 1 aromatic carbocycles. The van der Waals surface area contributed by atoms with Gasteiger partial charge in [-0.1, -0.05) is 6.07 Å². The molecular formula is C12H9N3O3. The van der Waals surface area contributed by atoms with Crippen LogP contribution in [0.4, 0.5) is 5.82 Å². The average molecular weight is 243 g/mol. The lowest BCUT2D eigenvalue weighted by molar-refractivity contribution is 0.641. The summed E-state index contributed by atoms with van der Waals surface area (Å²) in [5.74, 6) is -0.0266. The monoisotopic (exact) mass is 243 g/mol. The van der Waals surface area contributed by atoms with Crippen LogP contribution in [0.3, 0.4) is 0 Å². The third-order valence-electron chi connectivity index (χ3n) is 2.74. The van der Waals surface area contributed by atoms with Crippen LogP contribution in [0.1, 0.15) is 5.56 Å². The van der Waals surface area contributed by atoms with Crippen LogP contribution in [-0.4, -0.2) is 9.97 Å². The molecule has 3 N–H and O–H groups in total. The average Bonchev–Trinajstić information content (AvgIpc) is 2.27. The number of nitrogens with zero attached hydrogens (tertiary/aromatic N) is 1. The van der Waals surface area contributed by atoms with Gasteiger partial charge in [-0.25, -0.2) is 4.79 Å². The molecule has 6 heteroatoms. The van der Waals surface area contributed by atoms with Crippen LogP contribution >= 0.6 is 0 Å². The predicted molar refractivity (Wildman–Crippen MR) is 67.6 cm³/mol. The largest absolute Gasteiger partial charge is 0.437 e. The fourth-order valence-corrected chi connectivity index (χ4v) is 1.90. The molecule has 0 aliphatic heterocycles. The third-order valence-corrected chi connectivity index (χ3v) is 2.74. The second-order valence-corrected chi connectivity index (χ2v) is 4.07. The zero-order valence-corrected chi connectivity index (χ0v) is 9.48. The minimum absolute atomic E-state index is 0.0266. The van der Waals surface area contributed by atoms with E-state index in [4.69, 9.17) is 10.2 Å². The summed E-state index contributed by atoms with van der Waals surface area (Å²) in [6.07, 6.45) is 0. The molecule has 2 heterocycles. The molecule has 0 unspecified atom stereocenters. The molecule has 0 spiro atoms. The molecule has 3 rings (SSSR count). The summed E-state index contributed by atoms with van der Waals surface area (Å²) in [7, 11) is 0. The first kappa shape index (κ1) is 10.5. The van der Waals surface area contributed by atoms with Gasteiger partial charge in [-0.2, -0.15) is 4.98 Å². The van der Waals surface area contributed by atoms with E-state index in [9.17, 15) is 9.59 Å². The van der Waals surface area contributed by atoms with Crippen molar-refractivity contribution in [3.63, 3.8) is 0 Å². The Morgan fingerprint density at radius 3 is 2.89 bits per heavy atom. The van der Waals surface area contributed by atoms with Crippen molar-refractivity contribution < 1.29 is 4.42 Å². The summed E-state index contributed by atoms with van der Waals surface area (Å²) in [6, 6.07) is 5.19. The van der Waals surface area contributed by atoms with Crippen LogP contribution in [0, 0.1) is 6.92 Å². The van der Waals surface area contributed by atoms with Crippen molar-refractivity contribution >= 4 is 27.9 Å². The van der Waals surface area contributed by atoms with Crippen molar-refractivity contribution in [3.05, 3.63) is 44.5 Å². The fraction of sp³-hybridized carbons (Fsp3) is 0.0833. The van der Waals surface area contributed by atoms with Gasteiger partial charge in [-0.3, -0.25) is 9.78 Å². The maximum Gasteiger partial charge on any atom is 0.349 e. The van der Waals surface area contributed by atoms with Gasteiger partial charge in [0.15, 0.2) is 0 Å². The number of rotatable bonds is 0. The SMILES string of the molecule is Cc1ccc2c(=O)c3c(N)[nH]c(=O)nc3oc2c1. The van der Waals surface area contributed by atoms with Gasteiger partial charge in [-0.15, -0.1) is 0 Å². The van der Waals surface area contributed by atoms with E-state index in [1.807, 2.05) is 6.92 Å². The Kier molecular flexibility index (Phi) is 2.00. The molecule has 0 amide bonds. The highest BCUT2D eigenvalue weighted by atomic mass is 16.3. The Hall–Kier alpha value is -2.63. The number of aromatic amines is 1. The Morgan fingerprint density at radius 2 is 2.11 bits per heavy atom. The van der Waals surface area contributed by atoms with E-state index in [1.54, 1.807) is 18.2 Å². The summed E-state index contributed by atoms with van der Waals surface area (Å²) in [5, 5.41) is 0.514. The lowest BCUT2D eigenvalue weighted by Gasteiger charge is -2.02. The van der Waals surface area contributed by atoms with Gasteiger partial charge in [0.2, 0.25) is 11.1 Å². The van der Waals surface area contributed by atoms with Crippen LogP contribution in [0.25, 0.3) is 22.1 Å². The van der Waals surface area contributed by atoms with Crippen molar-refractivity contribution in [2.24, 2.45) is 0 Å². The number of hydrogen-bond donors (Lipinski definition) is 2. The highest BCUT2D eigenvalue weighted by Gasteiger charge is 2.12. The molecule has 0 radical (unpaired) electrons. The second-order valence-electron chi connectivity index (χ2n) is 4.07. The number of nitrogen functional groups attached to an aromatic ring is 1. The van der Waals surface area contributed by atoms with Crippen LogP contribution < -0.4 is 16.9 Å². The van der Waals surface area contributed by atoms with Crippen LogP contribution in [0.2, 0.25) is 0 Å². The molecular weight excluding hydrogens is 234 g/mol. The number of fused-ring (bicyclic) bond motifs is 2.